The van der Waals surface area contributed by atoms with E-state index < -0.39 is 11.6 Å². The van der Waals surface area contributed by atoms with E-state index in [4.69, 9.17) is 0 Å². The van der Waals surface area contributed by atoms with Crippen LogP contribution in [0.15, 0.2) is 10.5 Å². The van der Waals surface area contributed by atoms with Crippen LogP contribution in [0, 0.1) is 5.82 Å². The molecule has 3 N–H and O–H groups in total. The summed E-state index contributed by atoms with van der Waals surface area (Å²) in [5.41, 5.74) is 0.422. The molecule has 18 heavy (non-hydrogen) atoms. The predicted molar refractivity (Wildman–Crippen MR) is 70.4 cm³/mol. The van der Waals surface area contributed by atoms with Gasteiger partial charge in [0.15, 0.2) is 11.5 Å². The largest absolute Gasteiger partial charge is 0.504 e. The lowest BCUT2D eigenvalue weighted by Gasteiger charge is -2.27. The lowest BCUT2D eigenvalue weighted by molar-refractivity contribution is 0.242. The van der Waals surface area contributed by atoms with Crippen molar-refractivity contribution < 1.29 is 14.6 Å². The first-order chi connectivity index (χ1) is 8.59. The van der Waals surface area contributed by atoms with E-state index in [0.717, 1.165) is 38.8 Å². The van der Waals surface area contributed by atoms with Gasteiger partial charge in [0.2, 0.25) is 0 Å². The van der Waals surface area contributed by atoms with Gasteiger partial charge in [-0.25, -0.2) is 4.39 Å². The minimum Gasteiger partial charge on any atom is -0.504 e. The van der Waals surface area contributed by atoms with Gasteiger partial charge < -0.3 is 20.4 Å². The van der Waals surface area contributed by atoms with Crippen LogP contribution in [0.25, 0.3) is 0 Å². The zero-order valence-corrected chi connectivity index (χ0v) is 11.5. The van der Waals surface area contributed by atoms with Crippen molar-refractivity contribution in [3.8, 4) is 11.5 Å². The monoisotopic (exact) mass is 318 g/mol. The first-order valence-electron chi connectivity index (χ1n) is 5.91. The summed E-state index contributed by atoms with van der Waals surface area (Å²) in [6.07, 6.45) is 0.498. The molecule has 0 bridgehead atoms. The summed E-state index contributed by atoms with van der Waals surface area (Å²) in [5, 5.41) is 22.4. The number of aromatic hydroxyl groups is 2. The fourth-order valence-electron chi connectivity index (χ4n) is 2.09. The molecular formula is C12H16BrFN2O2. The molecule has 1 aromatic rings. The van der Waals surface area contributed by atoms with Crippen molar-refractivity contribution in [3.63, 3.8) is 0 Å². The SMILES string of the molecule is Oc1cc(F)c(Br)c(CCN2CCNCC2)c1O. The first-order valence-corrected chi connectivity index (χ1v) is 6.70. The summed E-state index contributed by atoms with van der Waals surface area (Å²) in [5.74, 6) is -1.20. The summed E-state index contributed by atoms with van der Waals surface area (Å²) in [4.78, 5) is 2.24. The summed E-state index contributed by atoms with van der Waals surface area (Å²) >= 11 is 3.11. The molecular weight excluding hydrogens is 303 g/mol. The Morgan fingerprint density at radius 1 is 1.33 bits per heavy atom. The Kier molecular flexibility index (Phi) is 4.42. The van der Waals surface area contributed by atoms with E-state index in [2.05, 4.69) is 26.1 Å². The Morgan fingerprint density at radius 3 is 2.67 bits per heavy atom. The summed E-state index contributed by atoms with van der Waals surface area (Å²) in [6, 6.07) is 0.910. The number of benzene rings is 1. The van der Waals surface area contributed by atoms with E-state index in [1.165, 1.54) is 0 Å². The normalized spacial score (nSPS) is 17.0. The van der Waals surface area contributed by atoms with Crippen LogP contribution in [0.3, 0.4) is 0 Å². The third-order valence-electron chi connectivity index (χ3n) is 3.15. The number of phenols is 2. The highest BCUT2D eigenvalue weighted by Gasteiger charge is 2.17. The van der Waals surface area contributed by atoms with Crippen LogP contribution in [0.5, 0.6) is 11.5 Å². The van der Waals surface area contributed by atoms with Crippen molar-refractivity contribution in [1.29, 1.82) is 0 Å². The van der Waals surface area contributed by atoms with Crippen molar-refractivity contribution in [2.45, 2.75) is 6.42 Å². The molecule has 1 heterocycles. The third kappa shape index (κ3) is 2.93. The number of nitrogens with zero attached hydrogens (tertiary/aromatic N) is 1. The van der Waals surface area contributed by atoms with E-state index >= 15 is 0 Å². The van der Waals surface area contributed by atoms with Crippen molar-refractivity contribution in [1.82, 2.24) is 10.2 Å². The van der Waals surface area contributed by atoms with Gasteiger partial charge in [0, 0.05) is 44.4 Å². The number of nitrogens with one attached hydrogen (secondary N) is 1. The molecule has 1 aromatic carbocycles. The number of hydrogen-bond donors (Lipinski definition) is 3. The zero-order chi connectivity index (χ0) is 13.1. The van der Waals surface area contributed by atoms with Crippen LogP contribution < -0.4 is 5.32 Å². The van der Waals surface area contributed by atoms with Crippen LogP contribution in [0.2, 0.25) is 0 Å². The molecule has 0 radical (unpaired) electrons. The second kappa shape index (κ2) is 5.86. The maximum absolute atomic E-state index is 13.4. The Balaban J connectivity index is 2.08. The third-order valence-corrected chi connectivity index (χ3v) is 4.01. The van der Waals surface area contributed by atoms with Crippen LogP contribution in [-0.4, -0.2) is 47.8 Å². The summed E-state index contributed by atoms with van der Waals surface area (Å²) in [7, 11) is 0. The average molecular weight is 319 g/mol. The quantitative estimate of drug-likeness (QED) is 0.738. The van der Waals surface area contributed by atoms with Gasteiger partial charge in [0.1, 0.15) is 5.82 Å². The molecule has 0 atom stereocenters. The van der Waals surface area contributed by atoms with Crippen LogP contribution in [0.4, 0.5) is 4.39 Å². The second-order valence-electron chi connectivity index (χ2n) is 4.36. The molecule has 1 aliphatic heterocycles. The molecule has 4 nitrogen and oxygen atoms in total. The molecule has 0 amide bonds. The van der Waals surface area contributed by atoms with Gasteiger partial charge in [0.05, 0.1) is 4.47 Å². The van der Waals surface area contributed by atoms with Crippen LogP contribution >= 0.6 is 15.9 Å². The molecule has 1 saturated heterocycles. The molecule has 2 rings (SSSR count). The lowest BCUT2D eigenvalue weighted by atomic mass is 10.1. The maximum atomic E-state index is 13.4. The number of phenolic OH excluding ortho intramolecular Hbond substituents is 2. The topological polar surface area (TPSA) is 55.7 Å². The highest BCUT2D eigenvalue weighted by molar-refractivity contribution is 9.10. The van der Waals surface area contributed by atoms with Crippen LogP contribution in [-0.2, 0) is 6.42 Å². The number of rotatable bonds is 3. The highest BCUT2D eigenvalue weighted by Crippen LogP contribution is 2.36. The molecule has 1 aliphatic rings. The average Bonchev–Trinajstić information content (AvgIpc) is 2.38. The standard InChI is InChI=1S/C12H16BrFN2O2/c13-11-8(12(18)10(17)7-9(11)14)1-4-16-5-2-15-3-6-16/h7,15,17-18H,1-6H2. The van der Waals surface area contributed by atoms with E-state index in [-0.39, 0.29) is 10.2 Å². The summed E-state index contributed by atoms with van der Waals surface area (Å²) in [6.45, 7) is 4.51. The number of halogens is 2. The van der Waals surface area contributed by atoms with Crippen molar-refractivity contribution >= 4 is 15.9 Å². The van der Waals surface area contributed by atoms with Gasteiger partial charge in [0.25, 0.3) is 0 Å². The number of piperazine rings is 1. The van der Waals surface area contributed by atoms with Crippen molar-refractivity contribution in [2.24, 2.45) is 0 Å². The zero-order valence-electron chi connectivity index (χ0n) is 9.92. The Bertz CT molecular complexity index is 410. The van der Waals surface area contributed by atoms with E-state index in [9.17, 15) is 14.6 Å². The van der Waals surface area contributed by atoms with Gasteiger partial charge in [-0.05, 0) is 22.4 Å². The second-order valence-corrected chi connectivity index (χ2v) is 5.15. The molecule has 0 unspecified atom stereocenters. The highest BCUT2D eigenvalue weighted by atomic mass is 79.9. The van der Waals surface area contributed by atoms with E-state index in [1.54, 1.807) is 0 Å². The fourth-order valence-corrected chi connectivity index (χ4v) is 2.59. The van der Waals surface area contributed by atoms with Gasteiger partial charge in [-0.15, -0.1) is 0 Å². The van der Waals surface area contributed by atoms with Crippen LogP contribution in [0.1, 0.15) is 5.56 Å². The molecule has 100 valence electrons. The van der Waals surface area contributed by atoms with Crippen molar-refractivity contribution in [3.05, 3.63) is 21.9 Å². The molecule has 0 aliphatic carbocycles. The molecule has 1 fully saturated rings. The minimum atomic E-state index is -0.555. The van der Waals surface area contributed by atoms with Crippen molar-refractivity contribution in [2.75, 3.05) is 32.7 Å². The first kappa shape index (κ1) is 13.6. The summed E-state index contributed by atoms with van der Waals surface area (Å²) < 4.78 is 13.7. The Labute approximate surface area is 114 Å². The molecule has 0 aromatic heterocycles. The van der Waals surface area contributed by atoms with E-state index in [0.29, 0.717) is 12.0 Å². The lowest BCUT2D eigenvalue weighted by Crippen LogP contribution is -2.44. The van der Waals surface area contributed by atoms with Gasteiger partial charge in [-0.1, -0.05) is 0 Å². The molecule has 6 heteroatoms. The van der Waals surface area contributed by atoms with E-state index in [1.807, 2.05) is 0 Å². The van der Waals surface area contributed by atoms with Gasteiger partial charge in [-0.3, -0.25) is 0 Å². The Morgan fingerprint density at radius 2 is 2.00 bits per heavy atom. The minimum absolute atomic E-state index is 0.230. The predicted octanol–water partition coefficient (Wildman–Crippen LogP) is 1.45. The smallest absolute Gasteiger partial charge is 0.162 e. The maximum Gasteiger partial charge on any atom is 0.162 e. The van der Waals surface area contributed by atoms with Gasteiger partial charge in [-0.2, -0.15) is 0 Å². The van der Waals surface area contributed by atoms with Gasteiger partial charge >= 0.3 is 0 Å². The fraction of sp³-hybridized carbons (Fsp3) is 0.500. The molecule has 0 spiro atoms. The Hall–Kier alpha value is -0.850. The molecule has 0 saturated carbocycles. The number of hydrogen-bond acceptors (Lipinski definition) is 4.